The zero-order chi connectivity index (χ0) is 17.0. The van der Waals surface area contributed by atoms with Crippen molar-refractivity contribution in [1.29, 1.82) is 0 Å². The summed E-state index contributed by atoms with van der Waals surface area (Å²) in [7, 11) is 6.45. The van der Waals surface area contributed by atoms with Gasteiger partial charge in [0.2, 0.25) is 11.8 Å². The maximum atomic E-state index is 5.50. The average molecular weight is 320 g/mol. The van der Waals surface area contributed by atoms with E-state index in [4.69, 9.17) is 23.9 Å². The van der Waals surface area contributed by atoms with Gasteiger partial charge in [0.1, 0.15) is 17.5 Å². The molecule has 0 aliphatic carbocycles. The lowest BCUT2D eigenvalue weighted by Gasteiger charge is -2.28. The largest absolute Gasteiger partial charge is 0.497 e. The number of hydrogen-bond acceptors (Lipinski definition) is 6. The molecule has 1 aromatic rings. The molecule has 0 unspecified atom stereocenters. The molecule has 6 heteroatoms. The molecule has 0 fully saturated rings. The van der Waals surface area contributed by atoms with Gasteiger partial charge in [-0.25, -0.2) is 9.98 Å². The van der Waals surface area contributed by atoms with E-state index < -0.39 is 6.04 Å². The van der Waals surface area contributed by atoms with Crippen LogP contribution in [0.1, 0.15) is 25.5 Å². The van der Waals surface area contributed by atoms with Crippen molar-refractivity contribution < 1.29 is 18.9 Å². The summed E-state index contributed by atoms with van der Waals surface area (Å²) in [5.74, 6) is 2.80. The first-order valence-electron chi connectivity index (χ1n) is 7.51. The number of hydrogen-bond donors (Lipinski definition) is 0. The summed E-state index contributed by atoms with van der Waals surface area (Å²) >= 11 is 0. The van der Waals surface area contributed by atoms with E-state index in [2.05, 4.69) is 18.8 Å². The molecule has 0 saturated carbocycles. The molecule has 1 aliphatic heterocycles. The topological polar surface area (TPSA) is 61.6 Å². The van der Waals surface area contributed by atoms with Crippen LogP contribution >= 0.6 is 0 Å². The maximum absolute atomic E-state index is 5.50. The molecular weight excluding hydrogens is 296 g/mol. The van der Waals surface area contributed by atoms with Gasteiger partial charge in [-0.15, -0.1) is 0 Å². The zero-order valence-electron chi connectivity index (χ0n) is 14.5. The second kappa shape index (κ2) is 7.35. The molecule has 2 atom stereocenters. The minimum atomic E-state index is -0.421. The van der Waals surface area contributed by atoms with Gasteiger partial charge in [0.15, 0.2) is 6.04 Å². The van der Waals surface area contributed by atoms with Gasteiger partial charge < -0.3 is 18.9 Å². The summed E-state index contributed by atoms with van der Waals surface area (Å²) in [5.41, 5.74) is 0.823. The molecule has 1 aromatic carbocycles. The Labute approximate surface area is 137 Å². The minimum absolute atomic E-state index is 0.150. The quantitative estimate of drug-likeness (QED) is 0.856. The first kappa shape index (κ1) is 17.1. The van der Waals surface area contributed by atoms with Crippen LogP contribution in [0.25, 0.3) is 0 Å². The first-order chi connectivity index (χ1) is 11.0. The molecule has 1 aliphatic rings. The molecule has 23 heavy (non-hydrogen) atoms. The second-order valence-corrected chi connectivity index (χ2v) is 5.54. The van der Waals surface area contributed by atoms with E-state index in [1.165, 1.54) is 0 Å². The van der Waals surface area contributed by atoms with E-state index in [1.807, 2.05) is 18.2 Å². The molecule has 0 saturated heterocycles. The maximum Gasteiger partial charge on any atom is 0.214 e. The van der Waals surface area contributed by atoms with Gasteiger partial charge in [-0.1, -0.05) is 13.8 Å². The van der Waals surface area contributed by atoms with Gasteiger partial charge in [-0.05, 0) is 24.1 Å². The van der Waals surface area contributed by atoms with Crippen LogP contribution < -0.4 is 9.47 Å². The smallest absolute Gasteiger partial charge is 0.214 e. The van der Waals surface area contributed by atoms with Crippen molar-refractivity contribution in [2.45, 2.75) is 25.9 Å². The fourth-order valence-corrected chi connectivity index (χ4v) is 2.55. The Morgan fingerprint density at radius 3 is 2.09 bits per heavy atom. The van der Waals surface area contributed by atoms with Gasteiger partial charge in [-0.2, -0.15) is 0 Å². The average Bonchev–Trinajstić information content (AvgIpc) is 2.59. The van der Waals surface area contributed by atoms with Crippen LogP contribution in [0.4, 0.5) is 0 Å². The highest BCUT2D eigenvalue weighted by Gasteiger charge is 2.33. The molecule has 6 nitrogen and oxygen atoms in total. The number of rotatable bonds is 4. The minimum Gasteiger partial charge on any atom is -0.497 e. The number of nitrogens with zero attached hydrogens (tertiary/aromatic N) is 2. The van der Waals surface area contributed by atoms with Crippen LogP contribution in [-0.2, 0) is 9.47 Å². The van der Waals surface area contributed by atoms with Crippen LogP contribution in [0.5, 0.6) is 11.5 Å². The highest BCUT2D eigenvalue weighted by atomic mass is 16.5. The van der Waals surface area contributed by atoms with Crippen LogP contribution in [-0.4, -0.2) is 46.3 Å². The summed E-state index contributed by atoms with van der Waals surface area (Å²) < 4.78 is 21.7. The SMILES string of the molecule is COC1=N[C@H](C(C)C)C(OC)=N[C@@H]1c1cc(OC)ccc1OC. The Bertz CT molecular complexity index is 611. The summed E-state index contributed by atoms with van der Waals surface area (Å²) in [6.45, 7) is 4.14. The first-order valence-corrected chi connectivity index (χ1v) is 7.51. The van der Waals surface area contributed by atoms with Crippen molar-refractivity contribution in [3.05, 3.63) is 23.8 Å². The lowest BCUT2D eigenvalue weighted by molar-refractivity contribution is 0.331. The number of benzene rings is 1. The monoisotopic (exact) mass is 320 g/mol. The standard InChI is InChI=1S/C17H24N2O4/c1-10(2)14-16(22-5)19-15(17(18-14)23-6)12-9-11(20-3)7-8-13(12)21-4/h7-10,14-15H,1-6H3/t14-,15-/m1/s1. The molecule has 0 N–H and O–H groups in total. The van der Waals surface area contributed by atoms with Crippen LogP contribution in [0.2, 0.25) is 0 Å². The summed E-state index contributed by atoms with van der Waals surface area (Å²) in [6, 6.07) is 4.99. The van der Waals surface area contributed by atoms with Crippen molar-refractivity contribution >= 4 is 11.8 Å². The third-order valence-corrected chi connectivity index (χ3v) is 3.79. The van der Waals surface area contributed by atoms with Crippen molar-refractivity contribution in [1.82, 2.24) is 0 Å². The highest BCUT2D eigenvalue weighted by molar-refractivity contribution is 5.95. The predicted molar refractivity (Wildman–Crippen MR) is 89.8 cm³/mol. The predicted octanol–water partition coefficient (Wildman–Crippen LogP) is 2.87. The molecule has 1 heterocycles. The zero-order valence-corrected chi connectivity index (χ0v) is 14.5. The highest BCUT2D eigenvalue weighted by Crippen LogP contribution is 2.35. The van der Waals surface area contributed by atoms with E-state index in [9.17, 15) is 0 Å². The Kier molecular flexibility index (Phi) is 5.47. The third-order valence-electron chi connectivity index (χ3n) is 3.79. The van der Waals surface area contributed by atoms with Gasteiger partial charge >= 0.3 is 0 Å². The lowest BCUT2D eigenvalue weighted by atomic mass is 10.00. The number of aliphatic imine (C=N–C) groups is 2. The molecule has 0 spiro atoms. The van der Waals surface area contributed by atoms with Gasteiger partial charge in [0.25, 0.3) is 0 Å². The molecule has 0 bridgehead atoms. The lowest BCUT2D eigenvalue weighted by Crippen LogP contribution is -2.34. The molecular formula is C17H24N2O4. The molecule has 0 amide bonds. The van der Waals surface area contributed by atoms with Gasteiger partial charge in [0.05, 0.1) is 28.4 Å². The van der Waals surface area contributed by atoms with E-state index in [0.29, 0.717) is 17.5 Å². The van der Waals surface area contributed by atoms with E-state index in [0.717, 1.165) is 11.3 Å². The van der Waals surface area contributed by atoms with Crippen LogP contribution in [0.3, 0.4) is 0 Å². The fourth-order valence-electron chi connectivity index (χ4n) is 2.55. The number of methoxy groups -OCH3 is 4. The Morgan fingerprint density at radius 1 is 0.870 bits per heavy atom. The normalized spacial score (nSPS) is 20.7. The van der Waals surface area contributed by atoms with Crippen molar-refractivity contribution in [2.75, 3.05) is 28.4 Å². The van der Waals surface area contributed by atoms with Gasteiger partial charge in [-0.3, -0.25) is 0 Å². The van der Waals surface area contributed by atoms with Gasteiger partial charge in [0, 0.05) is 5.56 Å². The third kappa shape index (κ3) is 3.41. The summed E-state index contributed by atoms with van der Waals surface area (Å²) in [4.78, 5) is 9.40. The van der Waals surface area contributed by atoms with Crippen LogP contribution in [0, 0.1) is 5.92 Å². The Hall–Kier alpha value is -2.24. The molecule has 2 rings (SSSR count). The van der Waals surface area contributed by atoms with Crippen molar-refractivity contribution in [2.24, 2.45) is 15.9 Å². The van der Waals surface area contributed by atoms with Crippen molar-refractivity contribution in [3.63, 3.8) is 0 Å². The summed E-state index contributed by atoms with van der Waals surface area (Å²) in [5, 5.41) is 0. The van der Waals surface area contributed by atoms with E-state index in [-0.39, 0.29) is 12.0 Å². The molecule has 0 aromatic heterocycles. The Morgan fingerprint density at radius 2 is 1.57 bits per heavy atom. The van der Waals surface area contributed by atoms with Crippen LogP contribution in [0.15, 0.2) is 28.2 Å². The fraction of sp³-hybridized carbons (Fsp3) is 0.529. The van der Waals surface area contributed by atoms with E-state index in [1.54, 1.807) is 28.4 Å². The molecule has 126 valence electrons. The molecule has 0 radical (unpaired) electrons. The Balaban J connectivity index is 2.53. The number of ether oxygens (including phenoxy) is 4. The van der Waals surface area contributed by atoms with Crippen molar-refractivity contribution in [3.8, 4) is 11.5 Å². The summed E-state index contributed by atoms with van der Waals surface area (Å²) in [6.07, 6.45) is 0. The van der Waals surface area contributed by atoms with E-state index >= 15 is 0 Å². The second-order valence-electron chi connectivity index (χ2n) is 5.54.